The molecule has 10 heavy (non-hydrogen) atoms. The van der Waals surface area contributed by atoms with Crippen LogP contribution in [0.25, 0.3) is 0 Å². The topological polar surface area (TPSA) is 6.48 Å². The Morgan fingerprint density at radius 1 is 1.10 bits per heavy atom. The normalized spacial score (nSPS) is 8.90. The number of hydrogen-bond donors (Lipinski definition) is 0. The van der Waals surface area contributed by atoms with E-state index in [-0.39, 0.29) is 0 Å². The number of rotatable bonds is 3. The molecule has 60 valence electrons. The van der Waals surface area contributed by atoms with Crippen molar-refractivity contribution >= 4 is 11.8 Å². The summed E-state index contributed by atoms with van der Waals surface area (Å²) in [6.45, 7) is 0. The standard InChI is InChI=1S/C7H16N2S/c1-8(2)7(6-10-5)9(3)4/h6H,1-5H3. The molecule has 0 spiro atoms. The predicted octanol–water partition coefficient (Wildman–Crippen LogP) is 1.27. The highest BCUT2D eigenvalue weighted by Crippen LogP contribution is 2.07. The molecule has 3 heteroatoms. The van der Waals surface area contributed by atoms with Gasteiger partial charge in [0, 0.05) is 33.6 Å². The van der Waals surface area contributed by atoms with Crippen LogP contribution < -0.4 is 0 Å². The molecule has 0 radical (unpaired) electrons. The highest BCUT2D eigenvalue weighted by atomic mass is 32.2. The lowest BCUT2D eigenvalue weighted by Gasteiger charge is -2.23. The Labute approximate surface area is 67.9 Å². The van der Waals surface area contributed by atoms with Crippen LogP contribution in [0.5, 0.6) is 0 Å². The Morgan fingerprint density at radius 2 is 1.50 bits per heavy atom. The average Bonchev–Trinajstić information content (AvgIpc) is 1.81. The quantitative estimate of drug-likeness (QED) is 0.614. The van der Waals surface area contributed by atoms with Crippen LogP contribution in [0.3, 0.4) is 0 Å². The Balaban J connectivity index is 4.12. The van der Waals surface area contributed by atoms with Crippen molar-refractivity contribution in [3.05, 3.63) is 11.2 Å². The van der Waals surface area contributed by atoms with Gasteiger partial charge in [0.1, 0.15) is 5.82 Å². The van der Waals surface area contributed by atoms with E-state index in [0.29, 0.717) is 0 Å². The molecule has 0 aliphatic heterocycles. The van der Waals surface area contributed by atoms with Gasteiger partial charge in [-0.05, 0) is 6.26 Å². The highest BCUT2D eigenvalue weighted by Gasteiger charge is 1.99. The molecule has 2 nitrogen and oxygen atoms in total. The Kier molecular flexibility index (Phi) is 4.36. The van der Waals surface area contributed by atoms with Gasteiger partial charge in [-0.2, -0.15) is 0 Å². The first kappa shape index (κ1) is 9.69. The molecular weight excluding hydrogens is 144 g/mol. The van der Waals surface area contributed by atoms with Gasteiger partial charge >= 0.3 is 0 Å². The van der Waals surface area contributed by atoms with E-state index in [9.17, 15) is 0 Å². The molecule has 0 N–H and O–H groups in total. The fourth-order valence-electron chi connectivity index (χ4n) is 0.716. The molecule has 0 rings (SSSR count). The summed E-state index contributed by atoms with van der Waals surface area (Å²) in [5, 5.41) is 2.12. The Bertz CT molecular complexity index is 109. The van der Waals surface area contributed by atoms with E-state index < -0.39 is 0 Å². The molecule has 0 amide bonds. The molecule has 0 aliphatic carbocycles. The SMILES string of the molecule is CSC=C(N(C)C)N(C)C. The van der Waals surface area contributed by atoms with Gasteiger partial charge < -0.3 is 9.80 Å². The second-order valence-corrected chi connectivity index (χ2v) is 3.21. The van der Waals surface area contributed by atoms with Crippen molar-refractivity contribution in [2.24, 2.45) is 0 Å². The summed E-state index contributed by atoms with van der Waals surface area (Å²) in [7, 11) is 8.17. The van der Waals surface area contributed by atoms with Crippen molar-refractivity contribution < 1.29 is 0 Å². The average molecular weight is 160 g/mol. The molecule has 0 aromatic carbocycles. The zero-order valence-electron chi connectivity index (χ0n) is 7.38. The fraction of sp³-hybridized carbons (Fsp3) is 0.714. The van der Waals surface area contributed by atoms with Gasteiger partial charge in [0.15, 0.2) is 0 Å². The van der Waals surface area contributed by atoms with Crippen LogP contribution in [0.1, 0.15) is 0 Å². The zero-order chi connectivity index (χ0) is 8.15. The van der Waals surface area contributed by atoms with Crippen LogP contribution in [0, 0.1) is 0 Å². The molecule has 0 fully saturated rings. The van der Waals surface area contributed by atoms with Gasteiger partial charge in [0.25, 0.3) is 0 Å². The second-order valence-electron chi connectivity index (χ2n) is 2.50. The van der Waals surface area contributed by atoms with Gasteiger partial charge in [-0.15, -0.1) is 11.8 Å². The van der Waals surface area contributed by atoms with Gasteiger partial charge in [-0.25, -0.2) is 0 Å². The molecule has 0 aromatic rings. The molecule has 0 saturated carbocycles. The van der Waals surface area contributed by atoms with Crippen LogP contribution in [0.2, 0.25) is 0 Å². The Morgan fingerprint density at radius 3 is 1.60 bits per heavy atom. The molecule has 0 aliphatic rings. The third kappa shape index (κ3) is 3.01. The van der Waals surface area contributed by atoms with Crippen molar-refractivity contribution in [3.63, 3.8) is 0 Å². The molecule has 0 atom stereocenters. The summed E-state index contributed by atoms with van der Waals surface area (Å²) >= 11 is 1.72. The monoisotopic (exact) mass is 160 g/mol. The van der Waals surface area contributed by atoms with Crippen molar-refractivity contribution in [2.45, 2.75) is 0 Å². The van der Waals surface area contributed by atoms with Crippen LogP contribution in [-0.4, -0.2) is 44.2 Å². The molecule has 0 unspecified atom stereocenters. The number of thioether (sulfide) groups is 1. The highest BCUT2D eigenvalue weighted by molar-refractivity contribution is 8.01. The van der Waals surface area contributed by atoms with Crippen molar-refractivity contribution in [1.82, 2.24) is 9.80 Å². The first-order valence-electron chi connectivity index (χ1n) is 3.17. The summed E-state index contributed by atoms with van der Waals surface area (Å²) in [5.41, 5.74) is 0. The maximum absolute atomic E-state index is 2.12. The van der Waals surface area contributed by atoms with E-state index in [1.54, 1.807) is 11.8 Å². The summed E-state index contributed by atoms with van der Waals surface area (Å²) in [6, 6.07) is 0. The van der Waals surface area contributed by atoms with E-state index in [0.717, 1.165) is 0 Å². The zero-order valence-corrected chi connectivity index (χ0v) is 8.20. The summed E-state index contributed by atoms with van der Waals surface area (Å²) in [5.74, 6) is 1.23. The molecule has 0 bridgehead atoms. The minimum absolute atomic E-state index is 1.23. The lowest BCUT2D eigenvalue weighted by Crippen LogP contribution is -2.24. The van der Waals surface area contributed by atoms with E-state index in [2.05, 4.69) is 21.5 Å². The van der Waals surface area contributed by atoms with E-state index in [1.807, 2.05) is 28.2 Å². The molecular formula is C7H16N2S. The number of nitrogens with zero attached hydrogens (tertiary/aromatic N) is 2. The van der Waals surface area contributed by atoms with Gasteiger partial charge in [-0.3, -0.25) is 0 Å². The largest absolute Gasteiger partial charge is 0.364 e. The minimum atomic E-state index is 1.23. The fourth-order valence-corrected chi connectivity index (χ4v) is 1.35. The third-order valence-electron chi connectivity index (χ3n) is 1.14. The van der Waals surface area contributed by atoms with E-state index in [4.69, 9.17) is 0 Å². The maximum Gasteiger partial charge on any atom is 0.109 e. The smallest absolute Gasteiger partial charge is 0.109 e. The first-order valence-corrected chi connectivity index (χ1v) is 4.46. The van der Waals surface area contributed by atoms with E-state index in [1.165, 1.54) is 5.82 Å². The van der Waals surface area contributed by atoms with Crippen molar-refractivity contribution in [1.29, 1.82) is 0 Å². The molecule has 0 heterocycles. The third-order valence-corrected chi connectivity index (χ3v) is 1.59. The summed E-state index contributed by atoms with van der Waals surface area (Å²) in [6.07, 6.45) is 2.06. The summed E-state index contributed by atoms with van der Waals surface area (Å²) < 4.78 is 0. The van der Waals surface area contributed by atoms with E-state index >= 15 is 0 Å². The van der Waals surface area contributed by atoms with Crippen LogP contribution >= 0.6 is 11.8 Å². The predicted molar refractivity (Wildman–Crippen MR) is 49.0 cm³/mol. The minimum Gasteiger partial charge on any atom is -0.364 e. The molecule has 0 aromatic heterocycles. The van der Waals surface area contributed by atoms with Gasteiger partial charge in [0.2, 0.25) is 0 Å². The maximum atomic E-state index is 2.12. The second kappa shape index (κ2) is 4.50. The molecule has 0 saturated heterocycles. The van der Waals surface area contributed by atoms with Crippen LogP contribution in [0.4, 0.5) is 0 Å². The van der Waals surface area contributed by atoms with Crippen LogP contribution in [-0.2, 0) is 0 Å². The first-order chi connectivity index (χ1) is 4.59. The lowest BCUT2D eigenvalue weighted by atomic mass is 10.6. The van der Waals surface area contributed by atoms with Gasteiger partial charge in [-0.1, -0.05) is 0 Å². The summed E-state index contributed by atoms with van der Waals surface area (Å²) in [4.78, 5) is 4.19. The number of hydrogen-bond acceptors (Lipinski definition) is 3. The lowest BCUT2D eigenvalue weighted by molar-refractivity contribution is 0.344. The van der Waals surface area contributed by atoms with Gasteiger partial charge in [0.05, 0.1) is 0 Å². The van der Waals surface area contributed by atoms with Crippen LogP contribution in [0.15, 0.2) is 11.2 Å². The van der Waals surface area contributed by atoms with Crippen molar-refractivity contribution in [3.8, 4) is 0 Å². The van der Waals surface area contributed by atoms with Crippen molar-refractivity contribution in [2.75, 3.05) is 34.4 Å². The Hall–Kier alpha value is -0.310.